The number of likely N-dealkylation sites (tertiary alicyclic amines) is 1. The molecule has 1 aliphatic rings. The van der Waals surface area contributed by atoms with Gasteiger partial charge in [-0.25, -0.2) is 0 Å². The minimum Gasteiger partial charge on any atom is -0.508 e. The van der Waals surface area contributed by atoms with Gasteiger partial charge in [0.2, 0.25) is 0 Å². The highest BCUT2D eigenvalue weighted by atomic mass is 16.5. The zero-order valence-corrected chi connectivity index (χ0v) is 17.2. The van der Waals surface area contributed by atoms with E-state index in [1.807, 2.05) is 41.3 Å². The third-order valence-electron chi connectivity index (χ3n) is 5.71. The van der Waals surface area contributed by atoms with Crippen LogP contribution in [-0.4, -0.2) is 29.0 Å². The predicted octanol–water partition coefficient (Wildman–Crippen LogP) is 4.86. The number of nitriles is 1. The Morgan fingerprint density at radius 3 is 2.42 bits per heavy atom. The minimum absolute atomic E-state index is 0.0457. The lowest BCUT2D eigenvalue weighted by Crippen LogP contribution is -2.37. The third-order valence-corrected chi connectivity index (χ3v) is 5.71. The fourth-order valence-corrected chi connectivity index (χ4v) is 3.93. The molecule has 0 spiro atoms. The lowest BCUT2D eigenvalue weighted by Gasteiger charge is -2.32. The molecule has 0 aromatic heterocycles. The number of nitrogens with zero attached hydrogens (tertiary/aromatic N) is 2. The Labute approximate surface area is 182 Å². The second kappa shape index (κ2) is 9.36. The van der Waals surface area contributed by atoms with Crippen LogP contribution in [0.4, 0.5) is 0 Å². The first kappa shape index (κ1) is 20.5. The maximum absolute atomic E-state index is 13.0. The SMILES string of the molecule is N#Cc1ccc(OCc2cccc(C(=O)N3CCC(c4ccc(O)cc4)CC3)c2)cc1. The van der Waals surface area contributed by atoms with Crippen molar-refractivity contribution in [3.05, 3.63) is 95.1 Å². The van der Waals surface area contributed by atoms with Crippen molar-refractivity contribution in [3.63, 3.8) is 0 Å². The second-order valence-corrected chi connectivity index (χ2v) is 7.78. The fourth-order valence-electron chi connectivity index (χ4n) is 3.93. The van der Waals surface area contributed by atoms with Gasteiger partial charge in [0.25, 0.3) is 5.91 Å². The average molecular weight is 412 g/mol. The fraction of sp³-hybridized carbons (Fsp3) is 0.231. The molecule has 4 rings (SSSR count). The number of phenols is 1. The Morgan fingerprint density at radius 2 is 1.74 bits per heavy atom. The Bertz CT molecular complexity index is 1080. The smallest absolute Gasteiger partial charge is 0.253 e. The van der Waals surface area contributed by atoms with Crippen LogP contribution in [0.25, 0.3) is 0 Å². The molecule has 1 N–H and O–H groups in total. The Balaban J connectivity index is 1.34. The van der Waals surface area contributed by atoms with Crippen LogP contribution in [0.1, 0.15) is 45.8 Å². The standard InChI is InChI=1S/C26H24N2O3/c27-17-19-4-10-25(11-5-19)31-18-20-2-1-3-23(16-20)26(30)28-14-12-22(13-15-28)21-6-8-24(29)9-7-21/h1-11,16,22,29H,12-15,18H2. The number of rotatable bonds is 5. The summed E-state index contributed by atoms with van der Waals surface area (Å²) in [5.74, 6) is 1.42. The number of aromatic hydroxyl groups is 1. The Hall–Kier alpha value is -3.78. The molecular weight excluding hydrogens is 388 g/mol. The number of hydrogen-bond donors (Lipinski definition) is 1. The summed E-state index contributed by atoms with van der Waals surface area (Å²) in [4.78, 5) is 14.9. The molecular formula is C26H24N2O3. The minimum atomic E-state index is 0.0457. The highest BCUT2D eigenvalue weighted by molar-refractivity contribution is 5.94. The predicted molar refractivity (Wildman–Crippen MR) is 118 cm³/mol. The maximum Gasteiger partial charge on any atom is 0.253 e. The van der Waals surface area contributed by atoms with Crippen molar-refractivity contribution >= 4 is 5.91 Å². The Morgan fingerprint density at radius 1 is 1.03 bits per heavy atom. The first-order valence-electron chi connectivity index (χ1n) is 10.4. The summed E-state index contributed by atoms with van der Waals surface area (Å²) in [6.45, 7) is 1.79. The summed E-state index contributed by atoms with van der Waals surface area (Å²) in [7, 11) is 0. The highest BCUT2D eigenvalue weighted by Gasteiger charge is 2.24. The third kappa shape index (κ3) is 5.04. The quantitative estimate of drug-likeness (QED) is 0.649. The summed E-state index contributed by atoms with van der Waals surface area (Å²) < 4.78 is 5.79. The maximum atomic E-state index is 13.0. The number of carbonyl (C=O) groups excluding carboxylic acids is 1. The molecule has 3 aromatic rings. The van der Waals surface area contributed by atoms with Gasteiger partial charge in [-0.3, -0.25) is 4.79 Å². The molecule has 1 amide bonds. The molecule has 5 heteroatoms. The molecule has 156 valence electrons. The number of ether oxygens (including phenoxy) is 1. The van der Waals surface area contributed by atoms with Gasteiger partial charge in [-0.15, -0.1) is 0 Å². The van der Waals surface area contributed by atoms with Crippen molar-refractivity contribution in [3.8, 4) is 17.6 Å². The molecule has 0 radical (unpaired) electrons. The van der Waals surface area contributed by atoms with E-state index >= 15 is 0 Å². The van der Waals surface area contributed by atoms with E-state index in [1.165, 1.54) is 5.56 Å². The number of phenolic OH excluding ortho intramolecular Hbond substituents is 1. The van der Waals surface area contributed by atoms with Crippen molar-refractivity contribution in [1.29, 1.82) is 5.26 Å². The summed E-state index contributed by atoms with van der Waals surface area (Å²) in [5.41, 5.74) is 3.40. The van der Waals surface area contributed by atoms with Crippen LogP contribution < -0.4 is 4.74 Å². The number of piperidine rings is 1. The van der Waals surface area contributed by atoms with Crippen molar-refractivity contribution < 1.29 is 14.6 Å². The average Bonchev–Trinajstić information content (AvgIpc) is 2.83. The molecule has 3 aromatic carbocycles. The van der Waals surface area contributed by atoms with Crippen LogP contribution in [0, 0.1) is 11.3 Å². The molecule has 1 aliphatic heterocycles. The van der Waals surface area contributed by atoms with Gasteiger partial charge in [-0.2, -0.15) is 5.26 Å². The Kier molecular flexibility index (Phi) is 6.18. The van der Waals surface area contributed by atoms with Crippen LogP contribution in [0.3, 0.4) is 0 Å². The van der Waals surface area contributed by atoms with Gasteiger partial charge in [0.1, 0.15) is 18.1 Å². The van der Waals surface area contributed by atoms with E-state index in [-0.39, 0.29) is 11.7 Å². The zero-order chi connectivity index (χ0) is 21.6. The summed E-state index contributed by atoms with van der Waals surface area (Å²) in [6, 6.07) is 24.0. The summed E-state index contributed by atoms with van der Waals surface area (Å²) in [5, 5.41) is 18.3. The molecule has 0 aliphatic carbocycles. The van der Waals surface area contributed by atoms with Gasteiger partial charge in [-0.1, -0.05) is 24.3 Å². The largest absolute Gasteiger partial charge is 0.508 e. The molecule has 1 fully saturated rings. The molecule has 0 unspecified atom stereocenters. The van der Waals surface area contributed by atoms with Crippen molar-refractivity contribution in [2.45, 2.75) is 25.4 Å². The van der Waals surface area contributed by atoms with Crippen LogP contribution in [0.15, 0.2) is 72.8 Å². The van der Waals surface area contributed by atoms with E-state index in [2.05, 4.69) is 6.07 Å². The molecule has 0 bridgehead atoms. The van der Waals surface area contributed by atoms with E-state index in [1.54, 1.807) is 36.4 Å². The molecule has 1 heterocycles. The van der Waals surface area contributed by atoms with E-state index in [9.17, 15) is 9.90 Å². The van der Waals surface area contributed by atoms with E-state index in [0.29, 0.717) is 29.4 Å². The summed E-state index contributed by atoms with van der Waals surface area (Å²) >= 11 is 0. The molecule has 1 saturated heterocycles. The van der Waals surface area contributed by atoms with Gasteiger partial charge < -0.3 is 14.7 Å². The molecule has 31 heavy (non-hydrogen) atoms. The molecule has 5 nitrogen and oxygen atoms in total. The van der Waals surface area contributed by atoms with Gasteiger partial charge in [0.15, 0.2) is 0 Å². The van der Waals surface area contributed by atoms with Gasteiger partial charge in [0, 0.05) is 18.7 Å². The number of carbonyl (C=O) groups is 1. The van der Waals surface area contributed by atoms with E-state index in [4.69, 9.17) is 10.00 Å². The zero-order valence-electron chi connectivity index (χ0n) is 17.2. The van der Waals surface area contributed by atoms with Gasteiger partial charge >= 0.3 is 0 Å². The number of benzene rings is 3. The summed E-state index contributed by atoms with van der Waals surface area (Å²) in [6.07, 6.45) is 1.83. The van der Waals surface area contributed by atoms with Crippen molar-refractivity contribution in [2.75, 3.05) is 13.1 Å². The first-order valence-corrected chi connectivity index (χ1v) is 10.4. The normalized spacial score (nSPS) is 14.1. The lowest BCUT2D eigenvalue weighted by molar-refractivity contribution is 0.0713. The van der Waals surface area contributed by atoms with Gasteiger partial charge in [-0.05, 0) is 78.4 Å². The van der Waals surface area contributed by atoms with E-state index in [0.717, 1.165) is 31.5 Å². The van der Waals surface area contributed by atoms with Crippen LogP contribution in [-0.2, 0) is 6.61 Å². The number of hydrogen-bond acceptors (Lipinski definition) is 4. The van der Waals surface area contributed by atoms with Crippen LogP contribution in [0.5, 0.6) is 11.5 Å². The number of amides is 1. The van der Waals surface area contributed by atoms with Crippen LogP contribution >= 0.6 is 0 Å². The lowest BCUT2D eigenvalue weighted by atomic mass is 9.89. The highest BCUT2D eigenvalue weighted by Crippen LogP contribution is 2.29. The molecule has 0 atom stereocenters. The van der Waals surface area contributed by atoms with Crippen molar-refractivity contribution in [2.24, 2.45) is 0 Å². The van der Waals surface area contributed by atoms with Gasteiger partial charge in [0.05, 0.1) is 11.6 Å². The monoisotopic (exact) mass is 412 g/mol. The van der Waals surface area contributed by atoms with Crippen LogP contribution in [0.2, 0.25) is 0 Å². The van der Waals surface area contributed by atoms with E-state index < -0.39 is 0 Å². The first-order chi connectivity index (χ1) is 15.1. The topological polar surface area (TPSA) is 73.6 Å². The molecule has 0 saturated carbocycles. The second-order valence-electron chi connectivity index (χ2n) is 7.78. The van der Waals surface area contributed by atoms with Crippen molar-refractivity contribution in [1.82, 2.24) is 4.90 Å².